The lowest BCUT2D eigenvalue weighted by molar-refractivity contribution is 0.112. The van der Waals surface area contributed by atoms with Gasteiger partial charge in [-0.2, -0.15) is 5.10 Å². The molecule has 0 fully saturated rings. The average Bonchev–Trinajstić information content (AvgIpc) is 2.59. The van der Waals surface area contributed by atoms with Crippen LogP contribution in [-0.2, 0) is 7.05 Å². The third-order valence-corrected chi connectivity index (χ3v) is 2.72. The average molecular weight is 255 g/mol. The van der Waals surface area contributed by atoms with Crippen LogP contribution in [0.15, 0.2) is 24.4 Å². The van der Waals surface area contributed by atoms with Crippen molar-refractivity contribution in [3.05, 3.63) is 40.0 Å². The number of hydrogen-bond donors (Lipinski definition) is 0. The number of hydrogen-bond acceptors (Lipinski definition) is 2. The van der Waals surface area contributed by atoms with Crippen LogP contribution < -0.4 is 0 Å². The van der Waals surface area contributed by atoms with Gasteiger partial charge in [0.15, 0.2) is 6.29 Å². The molecule has 0 bridgehead atoms. The third kappa shape index (κ3) is 1.96. The molecule has 3 nitrogen and oxygen atoms in total. The van der Waals surface area contributed by atoms with Crippen LogP contribution in [0.1, 0.15) is 10.4 Å². The monoisotopic (exact) mass is 254 g/mol. The van der Waals surface area contributed by atoms with Gasteiger partial charge in [-0.3, -0.25) is 9.48 Å². The van der Waals surface area contributed by atoms with Crippen molar-refractivity contribution in [2.45, 2.75) is 0 Å². The highest BCUT2D eigenvalue weighted by atomic mass is 35.5. The minimum Gasteiger partial charge on any atom is -0.298 e. The molecule has 0 amide bonds. The Balaban J connectivity index is 2.62. The van der Waals surface area contributed by atoms with Crippen LogP contribution in [0.3, 0.4) is 0 Å². The van der Waals surface area contributed by atoms with Crippen LogP contribution in [0.4, 0.5) is 0 Å². The molecule has 1 aromatic heterocycles. The van der Waals surface area contributed by atoms with Crippen LogP contribution in [0.2, 0.25) is 10.0 Å². The summed E-state index contributed by atoms with van der Waals surface area (Å²) in [6.45, 7) is 0. The zero-order valence-electron chi connectivity index (χ0n) is 8.45. The standard InChI is InChI=1S/C11H8Cl2N2O/c1-15-5-7(6-16)11(14-15)9-3-2-8(12)4-10(9)13/h2-6H,1H3. The predicted octanol–water partition coefficient (Wildman–Crippen LogP) is 3.21. The van der Waals surface area contributed by atoms with Gasteiger partial charge in [0.25, 0.3) is 0 Å². The second-order valence-corrected chi connectivity index (χ2v) is 4.19. The summed E-state index contributed by atoms with van der Waals surface area (Å²) in [6.07, 6.45) is 2.40. The van der Waals surface area contributed by atoms with Gasteiger partial charge in [-0.25, -0.2) is 0 Å². The van der Waals surface area contributed by atoms with Crippen molar-refractivity contribution >= 4 is 29.5 Å². The van der Waals surface area contributed by atoms with E-state index >= 15 is 0 Å². The highest BCUT2D eigenvalue weighted by molar-refractivity contribution is 6.36. The Morgan fingerprint density at radius 3 is 2.75 bits per heavy atom. The van der Waals surface area contributed by atoms with E-state index in [0.717, 1.165) is 6.29 Å². The summed E-state index contributed by atoms with van der Waals surface area (Å²) in [7, 11) is 1.75. The summed E-state index contributed by atoms with van der Waals surface area (Å²) < 4.78 is 1.57. The second kappa shape index (κ2) is 4.28. The number of nitrogens with zero attached hydrogens (tertiary/aromatic N) is 2. The van der Waals surface area contributed by atoms with Crippen LogP contribution in [-0.4, -0.2) is 16.1 Å². The molecule has 2 rings (SSSR count). The largest absolute Gasteiger partial charge is 0.298 e. The fraction of sp³-hybridized carbons (Fsp3) is 0.0909. The van der Waals surface area contributed by atoms with Gasteiger partial charge >= 0.3 is 0 Å². The van der Waals surface area contributed by atoms with Gasteiger partial charge in [-0.1, -0.05) is 23.2 Å². The lowest BCUT2D eigenvalue weighted by atomic mass is 10.1. The lowest BCUT2D eigenvalue weighted by Crippen LogP contribution is -1.88. The van der Waals surface area contributed by atoms with E-state index in [-0.39, 0.29) is 0 Å². The number of aryl methyl sites for hydroxylation is 1. The highest BCUT2D eigenvalue weighted by Gasteiger charge is 2.12. The fourth-order valence-electron chi connectivity index (χ4n) is 1.48. The number of halogens is 2. The number of carbonyl (C=O) groups excluding carboxylic acids is 1. The van der Waals surface area contributed by atoms with E-state index in [9.17, 15) is 4.79 Å². The summed E-state index contributed by atoms with van der Waals surface area (Å²) in [5.41, 5.74) is 1.78. The molecule has 0 radical (unpaired) electrons. The molecular weight excluding hydrogens is 247 g/mol. The van der Waals surface area contributed by atoms with Crippen LogP contribution in [0.25, 0.3) is 11.3 Å². The van der Waals surface area contributed by atoms with E-state index in [0.29, 0.717) is 26.9 Å². The Hall–Kier alpha value is -1.32. The highest BCUT2D eigenvalue weighted by Crippen LogP contribution is 2.30. The van der Waals surface area contributed by atoms with Gasteiger partial charge in [-0.05, 0) is 18.2 Å². The first-order valence-corrected chi connectivity index (χ1v) is 5.31. The maximum absolute atomic E-state index is 10.9. The molecule has 5 heteroatoms. The molecule has 82 valence electrons. The first-order valence-electron chi connectivity index (χ1n) is 4.56. The van der Waals surface area contributed by atoms with Crippen molar-refractivity contribution in [1.82, 2.24) is 9.78 Å². The zero-order valence-corrected chi connectivity index (χ0v) is 9.96. The van der Waals surface area contributed by atoms with E-state index in [1.165, 1.54) is 0 Å². The maximum atomic E-state index is 10.9. The van der Waals surface area contributed by atoms with Crippen molar-refractivity contribution in [2.24, 2.45) is 7.05 Å². The summed E-state index contributed by atoms with van der Waals surface area (Å²) in [5, 5.41) is 5.23. The van der Waals surface area contributed by atoms with Crippen LogP contribution in [0.5, 0.6) is 0 Å². The summed E-state index contributed by atoms with van der Waals surface area (Å²) in [6, 6.07) is 5.09. The van der Waals surface area contributed by atoms with Gasteiger partial charge in [0.05, 0.1) is 10.6 Å². The van der Waals surface area contributed by atoms with E-state index < -0.39 is 0 Å². The van der Waals surface area contributed by atoms with Crippen molar-refractivity contribution in [2.75, 3.05) is 0 Å². The van der Waals surface area contributed by atoms with Crippen molar-refractivity contribution < 1.29 is 4.79 Å². The predicted molar refractivity (Wildman–Crippen MR) is 64.1 cm³/mol. The van der Waals surface area contributed by atoms with Gasteiger partial charge < -0.3 is 0 Å². The Bertz CT molecular complexity index is 549. The number of aromatic nitrogens is 2. The molecule has 0 saturated carbocycles. The summed E-state index contributed by atoms with van der Waals surface area (Å²) >= 11 is 11.9. The normalized spacial score (nSPS) is 10.4. The van der Waals surface area contributed by atoms with Gasteiger partial charge in [0.2, 0.25) is 0 Å². The SMILES string of the molecule is Cn1cc(C=O)c(-c2ccc(Cl)cc2Cl)n1. The number of carbonyl (C=O) groups is 1. The van der Waals surface area contributed by atoms with Crippen molar-refractivity contribution in [3.63, 3.8) is 0 Å². The van der Waals surface area contributed by atoms with Gasteiger partial charge in [0, 0.05) is 23.8 Å². The van der Waals surface area contributed by atoms with E-state index in [2.05, 4.69) is 5.10 Å². The molecule has 16 heavy (non-hydrogen) atoms. The fourth-order valence-corrected chi connectivity index (χ4v) is 1.98. The second-order valence-electron chi connectivity index (χ2n) is 3.35. The molecule has 0 aliphatic heterocycles. The molecule has 1 heterocycles. The minimum absolute atomic E-state index is 0.481. The number of rotatable bonds is 2. The minimum atomic E-state index is 0.481. The quantitative estimate of drug-likeness (QED) is 0.772. The van der Waals surface area contributed by atoms with Gasteiger partial charge in [0.1, 0.15) is 5.69 Å². The topological polar surface area (TPSA) is 34.9 Å². The molecule has 0 N–H and O–H groups in total. The Kier molecular flexibility index (Phi) is 2.99. The van der Waals surface area contributed by atoms with Crippen LogP contribution >= 0.6 is 23.2 Å². The summed E-state index contributed by atoms with van der Waals surface area (Å²) in [5.74, 6) is 0. The maximum Gasteiger partial charge on any atom is 0.153 e. The van der Waals surface area contributed by atoms with Crippen molar-refractivity contribution in [3.8, 4) is 11.3 Å². The molecular formula is C11H8Cl2N2O. The Morgan fingerprint density at radius 1 is 1.38 bits per heavy atom. The van der Waals surface area contributed by atoms with Crippen LogP contribution in [0, 0.1) is 0 Å². The molecule has 0 spiro atoms. The number of benzene rings is 1. The first kappa shape index (κ1) is 11.2. The Morgan fingerprint density at radius 2 is 2.12 bits per heavy atom. The molecule has 0 unspecified atom stereocenters. The first-order chi connectivity index (χ1) is 7.61. The summed E-state index contributed by atoms with van der Waals surface area (Å²) in [4.78, 5) is 10.9. The molecule has 0 aliphatic carbocycles. The van der Waals surface area contributed by atoms with E-state index in [1.54, 1.807) is 36.1 Å². The molecule has 2 aromatic rings. The molecule has 1 aromatic carbocycles. The van der Waals surface area contributed by atoms with Crippen molar-refractivity contribution in [1.29, 1.82) is 0 Å². The molecule has 0 atom stereocenters. The van der Waals surface area contributed by atoms with Gasteiger partial charge in [-0.15, -0.1) is 0 Å². The van der Waals surface area contributed by atoms with E-state index in [4.69, 9.17) is 23.2 Å². The Labute approximate surface area is 103 Å². The zero-order chi connectivity index (χ0) is 11.7. The lowest BCUT2D eigenvalue weighted by Gasteiger charge is -2.01. The van der Waals surface area contributed by atoms with E-state index in [1.807, 2.05) is 0 Å². The molecule has 0 saturated heterocycles. The molecule has 0 aliphatic rings. The third-order valence-electron chi connectivity index (χ3n) is 2.17. The smallest absolute Gasteiger partial charge is 0.153 e. The number of aldehydes is 1.